The van der Waals surface area contributed by atoms with Crippen molar-refractivity contribution in [2.45, 2.75) is 44.6 Å². The number of hydrogen-bond donors (Lipinski definition) is 0. The number of hydrogen-bond acceptors (Lipinski definition) is 3. The average molecular weight is 379 g/mol. The van der Waals surface area contributed by atoms with Crippen molar-refractivity contribution in [3.8, 4) is 5.75 Å². The van der Waals surface area contributed by atoms with Gasteiger partial charge in [-0.3, -0.25) is 0 Å². The molecule has 0 aromatic heterocycles. The zero-order chi connectivity index (χ0) is 16.0. The standard InChI is InChI=1S/C19H23BrO3/c1-19(14-7-12-6-13(9-14)10-15(19)8-12)23-18(21)11-22-17-4-2-16(20)3-5-17/h2-5,12-15H,6-11H2,1H3. The molecule has 0 unspecified atom stereocenters. The lowest BCUT2D eigenvalue weighted by Gasteiger charge is -2.59. The first-order valence-electron chi connectivity index (χ1n) is 8.63. The molecule has 0 aliphatic heterocycles. The van der Waals surface area contributed by atoms with Crippen LogP contribution in [0.3, 0.4) is 0 Å². The molecular formula is C19H23BrO3. The molecular weight excluding hydrogens is 356 g/mol. The third-order valence-corrected chi connectivity index (χ3v) is 6.79. The molecule has 0 radical (unpaired) electrons. The van der Waals surface area contributed by atoms with Gasteiger partial charge in [0.2, 0.25) is 0 Å². The van der Waals surface area contributed by atoms with Crippen molar-refractivity contribution < 1.29 is 14.3 Å². The lowest BCUT2D eigenvalue weighted by Crippen LogP contribution is -2.58. The van der Waals surface area contributed by atoms with Crippen LogP contribution >= 0.6 is 15.9 Å². The molecule has 4 saturated carbocycles. The summed E-state index contributed by atoms with van der Waals surface area (Å²) in [5.74, 6) is 3.32. The van der Waals surface area contributed by atoms with Gasteiger partial charge in [-0.1, -0.05) is 15.9 Å². The minimum atomic E-state index is -0.270. The minimum absolute atomic E-state index is 0.0104. The molecule has 4 aliphatic rings. The van der Waals surface area contributed by atoms with Gasteiger partial charge in [0.15, 0.2) is 6.61 Å². The number of rotatable bonds is 4. The van der Waals surface area contributed by atoms with E-state index in [9.17, 15) is 4.79 Å². The highest BCUT2D eigenvalue weighted by Crippen LogP contribution is 2.59. The lowest BCUT2D eigenvalue weighted by molar-refractivity contribution is -0.204. The Bertz CT molecular complexity index is 567. The van der Waals surface area contributed by atoms with E-state index in [4.69, 9.17) is 9.47 Å². The van der Waals surface area contributed by atoms with Gasteiger partial charge in [-0.25, -0.2) is 4.79 Å². The molecule has 0 N–H and O–H groups in total. The second kappa shape index (κ2) is 5.80. The fraction of sp³-hybridized carbons (Fsp3) is 0.632. The first-order valence-corrected chi connectivity index (χ1v) is 9.42. The molecule has 1 aromatic rings. The zero-order valence-electron chi connectivity index (χ0n) is 13.5. The highest BCUT2D eigenvalue weighted by atomic mass is 79.9. The van der Waals surface area contributed by atoms with Gasteiger partial charge in [-0.15, -0.1) is 0 Å². The summed E-state index contributed by atoms with van der Waals surface area (Å²) in [7, 11) is 0. The molecule has 23 heavy (non-hydrogen) atoms. The number of ether oxygens (including phenoxy) is 2. The Morgan fingerprint density at radius 2 is 1.65 bits per heavy atom. The third kappa shape index (κ3) is 2.90. The van der Waals surface area contributed by atoms with E-state index in [0.29, 0.717) is 17.6 Å². The lowest BCUT2D eigenvalue weighted by atomic mass is 9.50. The Kier molecular flexibility index (Phi) is 3.91. The van der Waals surface area contributed by atoms with Crippen LogP contribution in [0.5, 0.6) is 5.75 Å². The van der Waals surface area contributed by atoms with Gasteiger partial charge in [-0.2, -0.15) is 0 Å². The van der Waals surface area contributed by atoms with E-state index >= 15 is 0 Å². The van der Waals surface area contributed by atoms with Crippen LogP contribution in [-0.2, 0) is 9.53 Å². The third-order valence-electron chi connectivity index (χ3n) is 6.26. The summed E-state index contributed by atoms with van der Waals surface area (Å²) in [4.78, 5) is 12.3. The van der Waals surface area contributed by atoms with Crippen molar-refractivity contribution in [1.29, 1.82) is 0 Å². The number of halogens is 1. The number of esters is 1. The van der Waals surface area contributed by atoms with Gasteiger partial charge in [0.25, 0.3) is 0 Å². The summed E-state index contributed by atoms with van der Waals surface area (Å²) in [6, 6.07) is 7.50. The minimum Gasteiger partial charge on any atom is -0.482 e. The van der Waals surface area contributed by atoms with Crippen LogP contribution in [0.4, 0.5) is 0 Å². The van der Waals surface area contributed by atoms with Gasteiger partial charge < -0.3 is 9.47 Å². The molecule has 0 heterocycles. The van der Waals surface area contributed by atoms with E-state index in [1.54, 1.807) is 0 Å². The van der Waals surface area contributed by atoms with E-state index in [1.165, 1.54) is 32.1 Å². The van der Waals surface area contributed by atoms with E-state index in [-0.39, 0.29) is 18.2 Å². The van der Waals surface area contributed by atoms with Crippen LogP contribution in [0.1, 0.15) is 39.0 Å². The highest BCUT2D eigenvalue weighted by molar-refractivity contribution is 9.10. The van der Waals surface area contributed by atoms with Crippen molar-refractivity contribution in [3.05, 3.63) is 28.7 Å². The molecule has 4 heteroatoms. The highest BCUT2D eigenvalue weighted by Gasteiger charge is 2.57. The summed E-state index contributed by atoms with van der Waals surface area (Å²) >= 11 is 3.39. The maximum atomic E-state index is 12.3. The molecule has 5 rings (SSSR count). The number of benzene rings is 1. The summed E-state index contributed by atoms with van der Waals surface area (Å²) in [5, 5.41) is 0. The van der Waals surface area contributed by atoms with Crippen LogP contribution in [0.15, 0.2) is 28.7 Å². The second-order valence-corrected chi connectivity index (χ2v) is 8.62. The maximum Gasteiger partial charge on any atom is 0.344 e. The van der Waals surface area contributed by atoms with Crippen molar-refractivity contribution in [1.82, 2.24) is 0 Å². The van der Waals surface area contributed by atoms with Crippen molar-refractivity contribution in [2.24, 2.45) is 23.7 Å². The Labute approximate surface area is 145 Å². The maximum absolute atomic E-state index is 12.3. The van der Waals surface area contributed by atoms with Crippen LogP contribution in [0.2, 0.25) is 0 Å². The quantitative estimate of drug-likeness (QED) is 0.718. The van der Waals surface area contributed by atoms with Crippen LogP contribution in [0, 0.1) is 23.7 Å². The number of carbonyl (C=O) groups is 1. The summed E-state index contributed by atoms with van der Waals surface area (Å²) in [5.41, 5.74) is -0.270. The number of carbonyl (C=O) groups excluding carboxylic acids is 1. The second-order valence-electron chi connectivity index (χ2n) is 7.70. The normalized spacial score (nSPS) is 37.7. The van der Waals surface area contributed by atoms with Gasteiger partial charge >= 0.3 is 5.97 Å². The Hall–Kier alpha value is -1.03. The van der Waals surface area contributed by atoms with Gasteiger partial charge in [0, 0.05) is 4.47 Å². The van der Waals surface area contributed by atoms with Gasteiger partial charge in [0.1, 0.15) is 11.4 Å². The van der Waals surface area contributed by atoms with E-state index in [0.717, 1.165) is 16.3 Å². The summed E-state index contributed by atoms with van der Waals surface area (Å²) < 4.78 is 12.5. The predicted molar refractivity (Wildman–Crippen MR) is 91.2 cm³/mol. The van der Waals surface area contributed by atoms with Crippen LogP contribution in [0.25, 0.3) is 0 Å². The van der Waals surface area contributed by atoms with E-state index < -0.39 is 0 Å². The molecule has 1 aromatic carbocycles. The molecule has 124 valence electrons. The van der Waals surface area contributed by atoms with E-state index in [1.807, 2.05) is 24.3 Å². The smallest absolute Gasteiger partial charge is 0.344 e. The Morgan fingerprint density at radius 1 is 1.09 bits per heavy atom. The van der Waals surface area contributed by atoms with Crippen molar-refractivity contribution in [2.75, 3.05) is 6.61 Å². The first-order chi connectivity index (χ1) is 11.0. The van der Waals surface area contributed by atoms with Crippen molar-refractivity contribution in [3.63, 3.8) is 0 Å². The fourth-order valence-electron chi connectivity index (χ4n) is 5.23. The summed E-state index contributed by atoms with van der Waals surface area (Å²) in [6.45, 7) is 2.15. The van der Waals surface area contributed by atoms with Gasteiger partial charge in [-0.05, 0) is 87.0 Å². The monoisotopic (exact) mass is 378 g/mol. The summed E-state index contributed by atoms with van der Waals surface area (Å²) in [6.07, 6.45) is 6.37. The Balaban J connectivity index is 1.37. The predicted octanol–water partition coefficient (Wildman–Crippen LogP) is 4.59. The molecule has 3 nitrogen and oxygen atoms in total. The molecule has 0 saturated heterocycles. The molecule has 4 fully saturated rings. The molecule has 0 atom stereocenters. The first kappa shape index (κ1) is 15.5. The van der Waals surface area contributed by atoms with Gasteiger partial charge in [0.05, 0.1) is 0 Å². The molecule has 0 spiro atoms. The Morgan fingerprint density at radius 3 is 2.22 bits per heavy atom. The molecule has 0 amide bonds. The van der Waals surface area contributed by atoms with E-state index in [2.05, 4.69) is 22.9 Å². The molecule has 4 aliphatic carbocycles. The topological polar surface area (TPSA) is 35.5 Å². The molecule has 4 bridgehead atoms. The SMILES string of the molecule is CC1(OC(=O)COc2ccc(Br)cc2)C2CC3CC(C2)CC1C3. The van der Waals surface area contributed by atoms with Crippen LogP contribution in [-0.4, -0.2) is 18.2 Å². The fourth-order valence-corrected chi connectivity index (χ4v) is 5.50. The largest absolute Gasteiger partial charge is 0.482 e. The zero-order valence-corrected chi connectivity index (χ0v) is 15.1. The average Bonchev–Trinajstić information content (AvgIpc) is 2.52. The van der Waals surface area contributed by atoms with Crippen LogP contribution < -0.4 is 4.74 Å². The van der Waals surface area contributed by atoms with Crippen molar-refractivity contribution >= 4 is 21.9 Å².